The number of rotatable bonds is 6. The van der Waals surface area contributed by atoms with Gasteiger partial charge in [0.2, 0.25) is 0 Å². The lowest BCUT2D eigenvalue weighted by molar-refractivity contribution is 0.460. The van der Waals surface area contributed by atoms with E-state index in [9.17, 15) is 9.90 Å². The van der Waals surface area contributed by atoms with E-state index in [4.69, 9.17) is 4.42 Å². The topological polar surface area (TPSA) is 50.4 Å². The monoisotopic (exact) mass is 328 g/mol. The highest BCUT2D eigenvalue weighted by Crippen LogP contribution is 2.35. The second-order valence-electron chi connectivity index (χ2n) is 7.35. The van der Waals surface area contributed by atoms with Crippen LogP contribution in [-0.4, -0.2) is 5.11 Å². The summed E-state index contributed by atoms with van der Waals surface area (Å²) in [6.07, 6.45) is 9.64. The Labute approximate surface area is 143 Å². The molecule has 3 rings (SSSR count). The summed E-state index contributed by atoms with van der Waals surface area (Å²) in [6.45, 7) is 4.41. The highest BCUT2D eigenvalue weighted by molar-refractivity contribution is 5.88. The van der Waals surface area contributed by atoms with Crippen molar-refractivity contribution in [1.82, 2.24) is 0 Å². The van der Waals surface area contributed by atoms with E-state index in [1.54, 1.807) is 0 Å². The maximum Gasteiger partial charge on any atom is 0.339 e. The summed E-state index contributed by atoms with van der Waals surface area (Å²) in [5.41, 5.74) is 3.17. The van der Waals surface area contributed by atoms with E-state index in [0.717, 1.165) is 54.2 Å². The van der Waals surface area contributed by atoms with Crippen molar-refractivity contribution in [1.29, 1.82) is 0 Å². The molecule has 0 saturated heterocycles. The number of aromatic hydroxyl groups is 1. The summed E-state index contributed by atoms with van der Waals surface area (Å²) in [4.78, 5) is 12.3. The fourth-order valence-electron chi connectivity index (χ4n) is 3.87. The quantitative estimate of drug-likeness (QED) is 0.590. The largest absolute Gasteiger partial charge is 0.507 e. The van der Waals surface area contributed by atoms with Crippen LogP contribution in [0, 0.1) is 5.92 Å². The predicted octanol–water partition coefficient (Wildman–Crippen LogP) is 5.14. The van der Waals surface area contributed by atoms with Crippen molar-refractivity contribution in [3.63, 3.8) is 0 Å². The SMILES string of the molecule is CCCCCCCc1cc(O)c2c3c(c(=O)oc2c1)CC[C@H](C)C3. The van der Waals surface area contributed by atoms with Gasteiger partial charge in [0.25, 0.3) is 0 Å². The summed E-state index contributed by atoms with van der Waals surface area (Å²) in [5, 5.41) is 11.3. The van der Waals surface area contributed by atoms with Crippen LogP contribution in [-0.2, 0) is 19.3 Å². The Hall–Kier alpha value is -1.77. The first-order valence-corrected chi connectivity index (χ1v) is 9.40. The molecule has 130 valence electrons. The highest BCUT2D eigenvalue weighted by Gasteiger charge is 2.23. The fraction of sp³-hybridized carbons (Fsp3) is 0.571. The van der Waals surface area contributed by atoms with Crippen molar-refractivity contribution in [2.24, 2.45) is 5.92 Å². The van der Waals surface area contributed by atoms with Crippen LogP contribution in [0.1, 0.15) is 69.1 Å². The predicted molar refractivity (Wildman–Crippen MR) is 97.8 cm³/mol. The summed E-state index contributed by atoms with van der Waals surface area (Å²) in [6, 6.07) is 3.82. The third-order valence-corrected chi connectivity index (χ3v) is 5.26. The first-order chi connectivity index (χ1) is 11.6. The minimum atomic E-state index is -0.219. The zero-order valence-electron chi connectivity index (χ0n) is 14.9. The zero-order valence-corrected chi connectivity index (χ0v) is 14.9. The first kappa shape index (κ1) is 17.1. The molecule has 3 nitrogen and oxygen atoms in total. The van der Waals surface area contributed by atoms with E-state index in [2.05, 4.69) is 13.8 Å². The molecular formula is C21H28O3. The molecule has 1 heterocycles. The molecule has 0 unspecified atom stereocenters. The van der Waals surface area contributed by atoms with Crippen molar-refractivity contribution >= 4 is 11.0 Å². The number of phenols is 1. The molecule has 3 heteroatoms. The molecule has 1 aliphatic carbocycles. The molecule has 2 aromatic rings. The van der Waals surface area contributed by atoms with Crippen molar-refractivity contribution in [2.75, 3.05) is 0 Å². The Balaban J connectivity index is 1.90. The van der Waals surface area contributed by atoms with Crippen LogP contribution < -0.4 is 5.63 Å². The van der Waals surface area contributed by atoms with Gasteiger partial charge in [-0.1, -0.05) is 39.5 Å². The number of phenolic OH excluding ortho intramolecular Hbond substituents is 1. The van der Waals surface area contributed by atoms with Gasteiger partial charge < -0.3 is 9.52 Å². The third-order valence-electron chi connectivity index (χ3n) is 5.26. The lowest BCUT2D eigenvalue weighted by Gasteiger charge is -2.22. The van der Waals surface area contributed by atoms with Gasteiger partial charge in [-0.25, -0.2) is 4.79 Å². The molecule has 1 N–H and O–H groups in total. The van der Waals surface area contributed by atoms with Crippen molar-refractivity contribution in [3.05, 3.63) is 39.2 Å². The van der Waals surface area contributed by atoms with Crippen LogP contribution >= 0.6 is 0 Å². The van der Waals surface area contributed by atoms with E-state index in [-0.39, 0.29) is 11.4 Å². The standard InChI is InChI=1S/C21H28O3/c1-3-4-5-6-7-8-15-12-18(22)20-17-11-14(2)9-10-16(17)21(23)24-19(20)13-15/h12-14,22H,3-11H2,1-2H3/t14-/m0/s1. The molecular weight excluding hydrogens is 300 g/mol. The average Bonchev–Trinajstić information content (AvgIpc) is 2.54. The van der Waals surface area contributed by atoms with Crippen molar-refractivity contribution in [2.45, 2.75) is 71.6 Å². The van der Waals surface area contributed by atoms with E-state index >= 15 is 0 Å². The molecule has 1 aromatic heterocycles. The van der Waals surface area contributed by atoms with Gasteiger partial charge in [-0.2, -0.15) is 0 Å². The van der Waals surface area contributed by atoms with Gasteiger partial charge >= 0.3 is 5.63 Å². The highest BCUT2D eigenvalue weighted by atomic mass is 16.4. The smallest absolute Gasteiger partial charge is 0.339 e. The maximum atomic E-state index is 12.3. The van der Waals surface area contributed by atoms with Crippen molar-refractivity contribution in [3.8, 4) is 5.75 Å². The molecule has 0 amide bonds. The summed E-state index contributed by atoms with van der Waals surface area (Å²) in [5.74, 6) is 0.810. The number of aryl methyl sites for hydroxylation is 1. The van der Waals surface area contributed by atoms with E-state index in [1.807, 2.05) is 12.1 Å². The number of unbranched alkanes of at least 4 members (excludes halogenated alkanes) is 4. The maximum absolute atomic E-state index is 12.3. The average molecular weight is 328 g/mol. The molecule has 0 saturated carbocycles. The van der Waals surface area contributed by atoms with Gasteiger partial charge in [0.1, 0.15) is 11.3 Å². The summed E-state index contributed by atoms with van der Waals surface area (Å²) < 4.78 is 5.55. The van der Waals surface area contributed by atoms with Crippen LogP contribution in [0.25, 0.3) is 11.0 Å². The number of benzene rings is 1. The van der Waals surface area contributed by atoms with Crippen LogP contribution in [0.2, 0.25) is 0 Å². The molecule has 0 fully saturated rings. The molecule has 0 aliphatic heterocycles. The van der Waals surface area contributed by atoms with E-state index < -0.39 is 0 Å². The number of hydrogen-bond acceptors (Lipinski definition) is 3. The van der Waals surface area contributed by atoms with Crippen LogP contribution in [0.5, 0.6) is 5.75 Å². The molecule has 0 radical (unpaired) electrons. The Bertz CT molecular complexity index is 773. The molecule has 0 bridgehead atoms. The Morgan fingerprint density at radius 1 is 1.17 bits per heavy atom. The number of fused-ring (bicyclic) bond motifs is 3. The van der Waals surface area contributed by atoms with Gasteiger partial charge in [-0.3, -0.25) is 0 Å². The van der Waals surface area contributed by atoms with Crippen LogP contribution in [0.15, 0.2) is 21.3 Å². The zero-order chi connectivity index (χ0) is 17.1. The van der Waals surface area contributed by atoms with Gasteiger partial charge in [-0.15, -0.1) is 0 Å². The first-order valence-electron chi connectivity index (χ1n) is 9.40. The van der Waals surface area contributed by atoms with Crippen LogP contribution in [0.4, 0.5) is 0 Å². The van der Waals surface area contributed by atoms with Gasteiger partial charge in [-0.05, 0) is 61.3 Å². The second-order valence-corrected chi connectivity index (χ2v) is 7.35. The lowest BCUT2D eigenvalue weighted by atomic mass is 9.84. The molecule has 24 heavy (non-hydrogen) atoms. The van der Waals surface area contributed by atoms with Crippen molar-refractivity contribution < 1.29 is 9.52 Å². The second kappa shape index (κ2) is 7.42. The van der Waals surface area contributed by atoms with E-state index in [1.165, 1.54) is 25.7 Å². The molecule has 1 aromatic carbocycles. The fourth-order valence-corrected chi connectivity index (χ4v) is 3.87. The van der Waals surface area contributed by atoms with Gasteiger partial charge in [0.05, 0.1) is 5.39 Å². The van der Waals surface area contributed by atoms with Gasteiger partial charge in [0.15, 0.2) is 0 Å². The molecule has 0 spiro atoms. The summed E-state index contributed by atoms with van der Waals surface area (Å²) >= 11 is 0. The van der Waals surface area contributed by atoms with E-state index in [0.29, 0.717) is 11.5 Å². The number of hydrogen-bond donors (Lipinski definition) is 1. The summed E-state index contributed by atoms with van der Waals surface area (Å²) in [7, 11) is 0. The van der Waals surface area contributed by atoms with Crippen LogP contribution in [0.3, 0.4) is 0 Å². The molecule has 1 aliphatic rings. The minimum absolute atomic E-state index is 0.219. The van der Waals surface area contributed by atoms with Gasteiger partial charge in [0, 0.05) is 5.56 Å². The Morgan fingerprint density at radius 3 is 2.75 bits per heavy atom. The Morgan fingerprint density at radius 2 is 1.96 bits per heavy atom. The Kier molecular flexibility index (Phi) is 5.27. The third kappa shape index (κ3) is 3.50. The lowest BCUT2D eigenvalue weighted by Crippen LogP contribution is -2.20. The molecule has 1 atom stereocenters. The normalized spacial score (nSPS) is 17.2. The minimum Gasteiger partial charge on any atom is -0.507 e.